The van der Waals surface area contributed by atoms with E-state index in [1.807, 2.05) is 30.9 Å². The third-order valence-corrected chi connectivity index (χ3v) is 13.3. The lowest BCUT2D eigenvalue weighted by atomic mass is 9.78. The van der Waals surface area contributed by atoms with Crippen LogP contribution in [-0.4, -0.2) is 116 Å². The number of sulfonamides is 1. The van der Waals surface area contributed by atoms with Crippen molar-refractivity contribution in [3.63, 3.8) is 0 Å². The number of unbranched alkanes of at least 4 members (excludes halogenated alkanes) is 1. The van der Waals surface area contributed by atoms with E-state index in [4.69, 9.17) is 4.74 Å². The normalized spacial score (nSPS) is 23.1. The Bertz CT molecular complexity index is 1560. The average Bonchev–Trinajstić information content (AvgIpc) is 3.47. The second-order valence-electron chi connectivity index (χ2n) is 15.2. The van der Waals surface area contributed by atoms with Gasteiger partial charge in [0.2, 0.25) is 21.8 Å². The molecular formula is C38H59N7O5S. The Morgan fingerprint density at radius 1 is 0.980 bits per heavy atom. The van der Waals surface area contributed by atoms with E-state index in [9.17, 15) is 18.0 Å². The number of rotatable bonds is 14. The van der Waals surface area contributed by atoms with E-state index < -0.39 is 21.6 Å². The van der Waals surface area contributed by atoms with Crippen LogP contribution in [0.3, 0.4) is 0 Å². The number of benzene rings is 1. The Labute approximate surface area is 304 Å². The largest absolute Gasteiger partial charge is 0.379 e. The van der Waals surface area contributed by atoms with Gasteiger partial charge in [-0.15, -0.1) is 0 Å². The predicted molar refractivity (Wildman–Crippen MR) is 197 cm³/mol. The smallest absolute Gasteiger partial charge is 0.246 e. The lowest BCUT2D eigenvalue weighted by molar-refractivity contribution is -0.162. The molecule has 3 N–H and O–H groups in total. The number of aryl methyl sites for hydroxylation is 2. The van der Waals surface area contributed by atoms with Crippen LogP contribution in [0.5, 0.6) is 0 Å². The highest BCUT2D eigenvalue weighted by Crippen LogP contribution is 2.40. The van der Waals surface area contributed by atoms with Crippen molar-refractivity contribution in [2.45, 2.75) is 114 Å². The summed E-state index contributed by atoms with van der Waals surface area (Å²) in [6, 6.07) is 6.57. The van der Waals surface area contributed by atoms with Gasteiger partial charge in [-0.05, 0) is 76.1 Å². The molecule has 2 amide bonds. The summed E-state index contributed by atoms with van der Waals surface area (Å²) in [4.78, 5) is 35.1. The first-order valence-corrected chi connectivity index (χ1v) is 20.9. The number of nitrogens with zero attached hydrogens (tertiary/aromatic N) is 4. The monoisotopic (exact) mass is 725 g/mol. The highest BCUT2D eigenvalue weighted by Gasteiger charge is 2.54. The Morgan fingerprint density at radius 2 is 1.69 bits per heavy atom. The SMILES string of the molecule is CCCCN1C(=O)[C@H](CC2CCCCC2)NC(=O)C12CCN(C(c1ccc(S(=O)(=O)NCCCN3CCOCC3)cc1)c1c(C)n[nH]c1C)CC2. The predicted octanol–water partition coefficient (Wildman–Crippen LogP) is 4.05. The van der Waals surface area contributed by atoms with Gasteiger partial charge in [0.25, 0.3) is 0 Å². The Morgan fingerprint density at radius 3 is 2.33 bits per heavy atom. The zero-order valence-corrected chi connectivity index (χ0v) is 31.7. The summed E-state index contributed by atoms with van der Waals surface area (Å²) in [5.41, 5.74) is 3.00. The fraction of sp³-hybridized carbons (Fsp3) is 0.711. The first kappa shape index (κ1) is 37.9. The van der Waals surface area contributed by atoms with E-state index in [0.717, 1.165) is 93.9 Å². The van der Waals surface area contributed by atoms with Gasteiger partial charge in [0, 0.05) is 50.5 Å². The van der Waals surface area contributed by atoms with Crippen LogP contribution in [0.15, 0.2) is 29.2 Å². The molecule has 13 heteroatoms. The molecule has 1 unspecified atom stereocenters. The maximum atomic E-state index is 14.1. The molecule has 4 heterocycles. The van der Waals surface area contributed by atoms with Gasteiger partial charge < -0.3 is 15.0 Å². The molecule has 0 radical (unpaired) electrons. The van der Waals surface area contributed by atoms with Gasteiger partial charge in [0.15, 0.2) is 0 Å². The van der Waals surface area contributed by atoms with Gasteiger partial charge in [0.1, 0.15) is 11.6 Å². The molecule has 6 rings (SSSR count). The maximum Gasteiger partial charge on any atom is 0.246 e. The summed E-state index contributed by atoms with van der Waals surface area (Å²) in [6.45, 7) is 12.4. The van der Waals surface area contributed by atoms with Gasteiger partial charge in [-0.2, -0.15) is 5.10 Å². The molecule has 0 bridgehead atoms. The van der Waals surface area contributed by atoms with Crippen LogP contribution in [0.1, 0.15) is 106 Å². The number of piperazine rings is 1. The first-order valence-electron chi connectivity index (χ1n) is 19.4. The van der Waals surface area contributed by atoms with Crippen molar-refractivity contribution in [1.82, 2.24) is 34.9 Å². The minimum atomic E-state index is -3.67. The lowest BCUT2D eigenvalue weighted by Gasteiger charge is -2.53. The fourth-order valence-corrected chi connectivity index (χ4v) is 9.92. The van der Waals surface area contributed by atoms with Crippen molar-refractivity contribution in [1.29, 1.82) is 0 Å². The van der Waals surface area contributed by atoms with E-state index >= 15 is 0 Å². The molecule has 51 heavy (non-hydrogen) atoms. The van der Waals surface area contributed by atoms with Crippen molar-refractivity contribution in [3.8, 4) is 0 Å². The molecule has 12 nitrogen and oxygen atoms in total. The molecule has 4 fully saturated rings. The lowest BCUT2D eigenvalue weighted by Crippen LogP contribution is -2.73. The molecule has 3 saturated heterocycles. The number of hydrogen-bond acceptors (Lipinski definition) is 8. The fourth-order valence-electron chi connectivity index (χ4n) is 8.85. The minimum Gasteiger partial charge on any atom is -0.379 e. The number of nitrogens with one attached hydrogen (secondary N) is 3. The van der Waals surface area contributed by atoms with Crippen molar-refractivity contribution in [2.24, 2.45) is 5.92 Å². The van der Waals surface area contributed by atoms with Crippen LogP contribution in [0.4, 0.5) is 0 Å². The van der Waals surface area contributed by atoms with Gasteiger partial charge in [-0.25, -0.2) is 13.1 Å². The van der Waals surface area contributed by atoms with E-state index in [0.29, 0.717) is 44.9 Å². The number of hydrogen-bond donors (Lipinski definition) is 3. The summed E-state index contributed by atoms with van der Waals surface area (Å²) in [6.07, 6.45) is 10.3. The topological polar surface area (TPSA) is 140 Å². The summed E-state index contributed by atoms with van der Waals surface area (Å²) in [7, 11) is -3.67. The molecule has 1 saturated carbocycles. The quantitative estimate of drug-likeness (QED) is 0.248. The van der Waals surface area contributed by atoms with Gasteiger partial charge >= 0.3 is 0 Å². The van der Waals surface area contributed by atoms with E-state index in [1.54, 1.807) is 12.1 Å². The third kappa shape index (κ3) is 8.53. The molecule has 2 atom stereocenters. The van der Waals surface area contributed by atoms with E-state index in [1.165, 1.54) is 19.3 Å². The van der Waals surface area contributed by atoms with E-state index in [2.05, 4.69) is 37.0 Å². The molecule has 4 aliphatic rings. The number of ether oxygens (including phenoxy) is 1. The molecular weight excluding hydrogens is 667 g/mol. The number of piperidine rings is 1. The molecule has 282 valence electrons. The minimum absolute atomic E-state index is 0.00195. The van der Waals surface area contributed by atoms with Crippen LogP contribution >= 0.6 is 0 Å². The first-order chi connectivity index (χ1) is 24.6. The van der Waals surface area contributed by atoms with Crippen LogP contribution in [-0.2, 0) is 24.3 Å². The molecule has 3 aliphatic heterocycles. The van der Waals surface area contributed by atoms with Gasteiger partial charge in [0.05, 0.1) is 29.8 Å². The second kappa shape index (κ2) is 16.9. The number of likely N-dealkylation sites (tertiary alicyclic amines) is 1. The van der Waals surface area contributed by atoms with Crippen LogP contribution in [0, 0.1) is 19.8 Å². The van der Waals surface area contributed by atoms with Crippen molar-refractivity contribution >= 4 is 21.8 Å². The van der Waals surface area contributed by atoms with Crippen molar-refractivity contribution in [3.05, 3.63) is 46.8 Å². The maximum absolute atomic E-state index is 14.1. The number of carbonyl (C=O) groups is 2. The molecule has 1 aromatic heterocycles. The van der Waals surface area contributed by atoms with Gasteiger partial charge in [-0.3, -0.25) is 24.5 Å². The van der Waals surface area contributed by atoms with E-state index in [-0.39, 0.29) is 22.8 Å². The zero-order valence-electron chi connectivity index (χ0n) is 30.9. The molecule has 2 aromatic rings. The third-order valence-electron chi connectivity index (χ3n) is 11.8. The summed E-state index contributed by atoms with van der Waals surface area (Å²) in [5, 5.41) is 10.9. The Hall–Kier alpha value is -2.84. The van der Waals surface area contributed by atoms with Crippen LogP contribution in [0.2, 0.25) is 0 Å². The van der Waals surface area contributed by atoms with Gasteiger partial charge in [-0.1, -0.05) is 57.6 Å². The van der Waals surface area contributed by atoms with Crippen molar-refractivity contribution in [2.75, 3.05) is 59.0 Å². The molecule has 1 aromatic carbocycles. The summed E-state index contributed by atoms with van der Waals surface area (Å²) >= 11 is 0. The summed E-state index contributed by atoms with van der Waals surface area (Å²) in [5.74, 6) is 0.584. The number of aromatic amines is 1. The number of aromatic nitrogens is 2. The zero-order chi connectivity index (χ0) is 36.0. The number of morpholine rings is 1. The molecule has 1 spiro atoms. The average molecular weight is 726 g/mol. The Kier molecular flexibility index (Phi) is 12.5. The highest BCUT2D eigenvalue weighted by atomic mass is 32.2. The summed E-state index contributed by atoms with van der Waals surface area (Å²) < 4.78 is 34.6. The highest BCUT2D eigenvalue weighted by molar-refractivity contribution is 7.89. The van der Waals surface area contributed by atoms with Crippen LogP contribution in [0.25, 0.3) is 0 Å². The Balaban J connectivity index is 1.17. The van der Waals surface area contributed by atoms with Crippen molar-refractivity contribution < 1.29 is 22.7 Å². The number of H-pyrrole nitrogens is 1. The van der Waals surface area contributed by atoms with Crippen LogP contribution < -0.4 is 10.0 Å². The standard InChI is InChI=1S/C38H59N7O5S/c1-4-5-20-45-36(46)33(27-30-10-7-6-8-11-30)40-37(47)38(45)16-21-44(22-17-38)35(34-28(2)41-42-29(34)3)31-12-14-32(15-13-31)51(48,49)39-18-9-19-43-23-25-50-26-24-43/h12-15,30,33,35,39H,4-11,16-27H2,1-3H3,(H,40,47)(H,41,42)/t33-,35?/m0/s1. The number of amides is 2. The molecule has 1 aliphatic carbocycles. The second-order valence-corrected chi connectivity index (χ2v) is 17.0. The number of carbonyl (C=O) groups excluding carboxylic acids is 2.